The van der Waals surface area contributed by atoms with Gasteiger partial charge in [0.2, 0.25) is 0 Å². The van der Waals surface area contributed by atoms with Crippen molar-refractivity contribution in [3.8, 4) is 16.9 Å². The molecule has 0 radical (unpaired) electrons. The molecule has 12 heteroatoms. The molecule has 0 saturated carbocycles. The van der Waals surface area contributed by atoms with Crippen LogP contribution in [0.1, 0.15) is 32.7 Å². The van der Waals surface area contributed by atoms with Crippen LogP contribution in [0.2, 0.25) is 0 Å². The summed E-state index contributed by atoms with van der Waals surface area (Å²) in [7, 11) is 7.56. The van der Waals surface area contributed by atoms with Gasteiger partial charge in [0.15, 0.2) is 0 Å². The van der Waals surface area contributed by atoms with E-state index >= 15 is 0 Å². The number of carbonyl (C=O) groups is 1. The van der Waals surface area contributed by atoms with E-state index in [1.165, 1.54) is 0 Å². The fourth-order valence-corrected chi connectivity index (χ4v) is 4.24. The molecule has 0 unspecified atom stereocenters. The topological polar surface area (TPSA) is 84.1 Å². The Balaban J connectivity index is 1.58. The predicted octanol–water partition coefficient (Wildman–Crippen LogP) is 4.55. The largest absolute Gasteiger partial charge is 0.416 e. The Hall–Kier alpha value is -4.03. The maximum Gasteiger partial charge on any atom is 0.416 e. The van der Waals surface area contributed by atoms with Crippen LogP contribution in [0.15, 0.2) is 48.8 Å². The molecule has 0 fully saturated rings. The Morgan fingerprint density at radius 1 is 1.05 bits per heavy atom. The lowest BCUT2D eigenvalue weighted by Gasteiger charge is -2.20. The maximum absolute atomic E-state index is 13.7. The summed E-state index contributed by atoms with van der Waals surface area (Å²) < 4.78 is 44.4. The first-order valence-corrected chi connectivity index (χ1v) is 12.7. The van der Waals surface area contributed by atoms with Gasteiger partial charge in [0, 0.05) is 49.2 Å². The van der Waals surface area contributed by atoms with Crippen LogP contribution in [0.25, 0.3) is 16.9 Å². The second kappa shape index (κ2) is 11.6. The highest BCUT2D eigenvalue weighted by atomic mass is 19.4. The molecule has 2 aromatic heterocycles. The number of nitrogens with zero attached hydrogens (tertiary/aromatic N) is 7. The first-order chi connectivity index (χ1) is 18.8. The number of anilines is 1. The number of hydrogen-bond donors (Lipinski definition) is 1. The summed E-state index contributed by atoms with van der Waals surface area (Å²) in [4.78, 5) is 17.1. The standard InChI is InChI=1S/C28H33F3N8O/c1-18-7-8-21(13-26(18)39-17-25(34-35-39)24-15-32-38(6)19(24)2)27(40)33-23-12-20(11-22(14-23)28(29,30)31)16-37(5)10-9-36(3)4/h7-8,11-15,17H,9-10,16H2,1-6H3,(H,33,40). The van der Waals surface area contributed by atoms with E-state index in [0.717, 1.165) is 35.5 Å². The molecule has 0 aliphatic rings. The number of alkyl halides is 3. The van der Waals surface area contributed by atoms with E-state index < -0.39 is 17.6 Å². The van der Waals surface area contributed by atoms with E-state index in [2.05, 4.69) is 20.7 Å². The van der Waals surface area contributed by atoms with Gasteiger partial charge in [0.25, 0.3) is 5.91 Å². The molecular weight excluding hydrogens is 521 g/mol. The van der Waals surface area contributed by atoms with E-state index in [0.29, 0.717) is 30.0 Å². The highest BCUT2D eigenvalue weighted by Crippen LogP contribution is 2.32. The number of carbonyl (C=O) groups excluding carboxylic acids is 1. The average Bonchev–Trinajstić information content (AvgIpc) is 3.49. The van der Waals surface area contributed by atoms with Crippen LogP contribution in [0.3, 0.4) is 0 Å². The van der Waals surface area contributed by atoms with Gasteiger partial charge in [0.1, 0.15) is 5.69 Å². The lowest BCUT2D eigenvalue weighted by Crippen LogP contribution is -2.28. The Morgan fingerprint density at radius 2 is 1.80 bits per heavy atom. The Morgan fingerprint density at radius 3 is 2.45 bits per heavy atom. The third-order valence-corrected chi connectivity index (χ3v) is 6.68. The number of aryl methyl sites for hydroxylation is 2. The summed E-state index contributed by atoms with van der Waals surface area (Å²) >= 11 is 0. The predicted molar refractivity (Wildman–Crippen MR) is 147 cm³/mol. The number of aromatic nitrogens is 5. The van der Waals surface area contributed by atoms with Gasteiger partial charge in [-0.15, -0.1) is 5.10 Å². The van der Waals surface area contributed by atoms with Crippen molar-refractivity contribution in [2.75, 3.05) is 39.5 Å². The van der Waals surface area contributed by atoms with Crippen molar-refractivity contribution in [3.63, 3.8) is 0 Å². The second-order valence-corrected chi connectivity index (χ2v) is 10.2. The number of likely N-dealkylation sites (N-methyl/N-ethyl adjacent to an activating group) is 2. The quantitative estimate of drug-likeness (QED) is 0.327. The molecule has 4 rings (SSSR count). The minimum atomic E-state index is -4.55. The van der Waals surface area contributed by atoms with Gasteiger partial charge in [-0.2, -0.15) is 18.3 Å². The van der Waals surface area contributed by atoms with Crippen LogP contribution in [0.5, 0.6) is 0 Å². The smallest absolute Gasteiger partial charge is 0.322 e. The zero-order valence-corrected chi connectivity index (χ0v) is 23.4. The molecule has 0 saturated heterocycles. The zero-order chi connectivity index (χ0) is 29.2. The van der Waals surface area contributed by atoms with Gasteiger partial charge in [-0.25, -0.2) is 4.68 Å². The fourth-order valence-electron chi connectivity index (χ4n) is 4.24. The summed E-state index contributed by atoms with van der Waals surface area (Å²) in [5.74, 6) is -0.532. The Kier molecular flexibility index (Phi) is 8.40. The third kappa shape index (κ3) is 6.75. The molecule has 4 aromatic rings. The van der Waals surface area contributed by atoms with Crippen molar-refractivity contribution in [1.29, 1.82) is 0 Å². The molecule has 1 amide bonds. The molecule has 2 heterocycles. The fraction of sp³-hybridized carbons (Fsp3) is 0.357. The zero-order valence-electron chi connectivity index (χ0n) is 23.4. The summed E-state index contributed by atoms with van der Waals surface area (Å²) in [5.41, 5.74) is 3.87. The van der Waals surface area contributed by atoms with Crippen LogP contribution in [0, 0.1) is 13.8 Å². The van der Waals surface area contributed by atoms with Crippen LogP contribution in [0.4, 0.5) is 18.9 Å². The first kappa shape index (κ1) is 29.0. The molecule has 40 heavy (non-hydrogen) atoms. The van der Waals surface area contributed by atoms with Crippen molar-refractivity contribution in [2.24, 2.45) is 7.05 Å². The van der Waals surface area contributed by atoms with E-state index in [1.54, 1.807) is 46.0 Å². The van der Waals surface area contributed by atoms with Crippen LogP contribution in [-0.4, -0.2) is 74.7 Å². The molecule has 2 aromatic carbocycles. The molecule has 0 bridgehead atoms. The summed E-state index contributed by atoms with van der Waals surface area (Å²) in [6.07, 6.45) is -1.09. The van der Waals surface area contributed by atoms with Crippen LogP contribution in [-0.2, 0) is 19.8 Å². The van der Waals surface area contributed by atoms with Crippen LogP contribution >= 0.6 is 0 Å². The van der Waals surface area contributed by atoms with Gasteiger partial charge in [-0.05, 0) is 76.4 Å². The molecule has 0 aliphatic heterocycles. The maximum atomic E-state index is 13.7. The minimum absolute atomic E-state index is 0.0769. The average molecular weight is 555 g/mol. The number of hydrogen-bond acceptors (Lipinski definition) is 6. The summed E-state index contributed by atoms with van der Waals surface area (Å²) in [6, 6.07) is 8.68. The molecule has 1 N–H and O–H groups in total. The van der Waals surface area contributed by atoms with Gasteiger partial charge in [-0.1, -0.05) is 11.3 Å². The lowest BCUT2D eigenvalue weighted by molar-refractivity contribution is -0.137. The number of halogens is 3. The number of nitrogens with one attached hydrogen (secondary N) is 1. The second-order valence-electron chi connectivity index (χ2n) is 10.2. The van der Waals surface area contributed by atoms with E-state index in [9.17, 15) is 18.0 Å². The number of benzene rings is 2. The van der Waals surface area contributed by atoms with Gasteiger partial charge in [0.05, 0.1) is 23.6 Å². The van der Waals surface area contributed by atoms with E-state index in [-0.39, 0.29) is 11.3 Å². The monoisotopic (exact) mass is 554 g/mol. The van der Waals surface area contributed by atoms with Crippen molar-refractivity contribution in [3.05, 3.63) is 76.7 Å². The first-order valence-electron chi connectivity index (χ1n) is 12.7. The highest BCUT2D eigenvalue weighted by molar-refractivity contribution is 6.04. The van der Waals surface area contributed by atoms with Crippen molar-refractivity contribution in [2.45, 2.75) is 26.6 Å². The van der Waals surface area contributed by atoms with Crippen molar-refractivity contribution < 1.29 is 18.0 Å². The van der Waals surface area contributed by atoms with Crippen LogP contribution < -0.4 is 5.32 Å². The number of amides is 1. The van der Waals surface area contributed by atoms with E-state index in [1.807, 2.05) is 51.8 Å². The molecular formula is C28H33F3N8O. The highest BCUT2D eigenvalue weighted by Gasteiger charge is 2.31. The summed E-state index contributed by atoms with van der Waals surface area (Å²) in [5, 5.41) is 15.4. The molecule has 0 spiro atoms. The van der Waals surface area contributed by atoms with Gasteiger partial charge >= 0.3 is 6.18 Å². The van der Waals surface area contributed by atoms with Crippen molar-refractivity contribution >= 4 is 11.6 Å². The molecule has 0 aliphatic carbocycles. The normalized spacial score (nSPS) is 12.0. The molecule has 212 valence electrons. The SMILES string of the molecule is Cc1ccc(C(=O)Nc2cc(CN(C)CCN(C)C)cc(C(F)(F)F)c2)cc1-n1cc(-c2cnn(C)c2C)nn1. The summed E-state index contributed by atoms with van der Waals surface area (Å²) in [6.45, 7) is 5.56. The lowest BCUT2D eigenvalue weighted by atomic mass is 10.1. The van der Waals surface area contributed by atoms with Gasteiger partial charge < -0.3 is 15.1 Å². The van der Waals surface area contributed by atoms with Gasteiger partial charge in [-0.3, -0.25) is 9.48 Å². The molecule has 0 atom stereocenters. The number of rotatable bonds is 9. The Labute approximate surface area is 231 Å². The van der Waals surface area contributed by atoms with E-state index in [4.69, 9.17) is 0 Å². The Bertz CT molecular complexity index is 1510. The third-order valence-electron chi connectivity index (χ3n) is 6.68. The van der Waals surface area contributed by atoms with Crippen molar-refractivity contribution in [1.82, 2.24) is 34.6 Å². The minimum Gasteiger partial charge on any atom is -0.322 e. The molecule has 9 nitrogen and oxygen atoms in total.